The van der Waals surface area contributed by atoms with Crippen LogP contribution in [-0.4, -0.2) is 41.1 Å². The quantitative estimate of drug-likeness (QED) is 0.544. The molecule has 0 spiro atoms. The predicted octanol–water partition coefficient (Wildman–Crippen LogP) is 0.452. The highest BCUT2D eigenvalue weighted by atomic mass is 16.4. The van der Waals surface area contributed by atoms with E-state index in [9.17, 15) is 14.4 Å². The highest BCUT2D eigenvalue weighted by Crippen LogP contribution is 2.18. The lowest BCUT2D eigenvalue weighted by atomic mass is 10.0. The van der Waals surface area contributed by atoms with Crippen molar-refractivity contribution in [3.63, 3.8) is 0 Å². The molecule has 0 heterocycles. The lowest BCUT2D eigenvalue weighted by Gasteiger charge is -2.19. The summed E-state index contributed by atoms with van der Waals surface area (Å²) in [5.74, 6) is -1.19. The minimum absolute atomic E-state index is 0.145. The molecule has 7 heteroatoms. The fourth-order valence-electron chi connectivity index (χ4n) is 1.71. The van der Waals surface area contributed by atoms with Crippen molar-refractivity contribution < 1.29 is 19.5 Å². The zero-order valence-corrected chi connectivity index (χ0v) is 12.1. The molecule has 0 saturated heterocycles. The average Bonchev–Trinajstić information content (AvgIpc) is 3.10. The van der Waals surface area contributed by atoms with Crippen LogP contribution in [0.4, 0.5) is 4.79 Å². The van der Waals surface area contributed by atoms with Crippen molar-refractivity contribution in [2.24, 2.45) is 5.92 Å². The van der Waals surface area contributed by atoms with Crippen LogP contribution in [0.1, 0.15) is 40.0 Å². The first-order valence-electron chi connectivity index (χ1n) is 6.89. The van der Waals surface area contributed by atoms with E-state index in [1.54, 1.807) is 6.92 Å². The Balaban J connectivity index is 2.39. The number of carboxylic acid groups (broad SMARTS) is 1. The summed E-state index contributed by atoms with van der Waals surface area (Å²) >= 11 is 0. The van der Waals surface area contributed by atoms with Gasteiger partial charge in [0.25, 0.3) is 0 Å². The monoisotopic (exact) mass is 285 g/mol. The number of carboxylic acids is 1. The fourth-order valence-corrected chi connectivity index (χ4v) is 1.71. The van der Waals surface area contributed by atoms with Crippen molar-refractivity contribution in [2.75, 3.05) is 0 Å². The van der Waals surface area contributed by atoms with E-state index in [2.05, 4.69) is 16.0 Å². The molecule has 2 unspecified atom stereocenters. The normalized spacial score (nSPS) is 17.2. The third-order valence-corrected chi connectivity index (χ3v) is 2.98. The summed E-state index contributed by atoms with van der Waals surface area (Å²) < 4.78 is 0. The number of rotatable bonds is 7. The number of hydrogen-bond acceptors (Lipinski definition) is 3. The van der Waals surface area contributed by atoms with Gasteiger partial charge in [-0.3, -0.25) is 4.79 Å². The Hall–Kier alpha value is -1.79. The summed E-state index contributed by atoms with van der Waals surface area (Å²) in [6.45, 7) is 5.32. The van der Waals surface area contributed by atoms with E-state index >= 15 is 0 Å². The molecular formula is C13H23N3O4. The molecule has 114 valence electrons. The molecule has 0 bridgehead atoms. The molecule has 1 saturated carbocycles. The van der Waals surface area contributed by atoms with Gasteiger partial charge in [0.05, 0.1) is 0 Å². The smallest absolute Gasteiger partial charge is 0.326 e. The lowest BCUT2D eigenvalue weighted by molar-refractivity contribution is -0.139. The minimum Gasteiger partial charge on any atom is -0.480 e. The fraction of sp³-hybridized carbons (Fsp3) is 0.769. The molecule has 20 heavy (non-hydrogen) atoms. The van der Waals surface area contributed by atoms with Crippen LogP contribution in [0.3, 0.4) is 0 Å². The van der Waals surface area contributed by atoms with Crippen LogP contribution in [0, 0.1) is 5.92 Å². The van der Waals surface area contributed by atoms with Crippen molar-refractivity contribution in [2.45, 2.75) is 58.2 Å². The Morgan fingerprint density at radius 2 is 1.75 bits per heavy atom. The van der Waals surface area contributed by atoms with Crippen LogP contribution < -0.4 is 16.0 Å². The van der Waals surface area contributed by atoms with Gasteiger partial charge in [0.15, 0.2) is 0 Å². The summed E-state index contributed by atoms with van der Waals surface area (Å²) in [6, 6.07) is -2.06. The number of amides is 3. The van der Waals surface area contributed by atoms with E-state index < -0.39 is 24.1 Å². The molecule has 3 amide bonds. The third-order valence-electron chi connectivity index (χ3n) is 2.98. The second-order valence-corrected chi connectivity index (χ2v) is 5.64. The number of carbonyl (C=O) groups excluding carboxylic acids is 2. The number of hydrogen-bond donors (Lipinski definition) is 4. The van der Waals surface area contributed by atoms with Gasteiger partial charge in [-0.2, -0.15) is 0 Å². The maximum Gasteiger partial charge on any atom is 0.326 e. The number of nitrogens with one attached hydrogen (secondary N) is 3. The molecule has 0 aromatic rings. The van der Waals surface area contributed by atoms with Gasteiger partial charge in [-0.1, -0.05) is 13.8 Å². The van der Waals surface area contributed by atoms with Gasteiger partial charge in [0, 0.05) is 6.04 Å². The molecule has 1 aliphatic rings. The predicted molar refractivity (Wildman–Crippen MR) is 73.2 cm³/mol. The molecule has 1 fully saturated rings. The van der Waals surface area contributed by atoms with Crippen LogP contribution in [0.5, 0.6) is 0 Å². The lowest BCUT2D eigenvalue weighted by Crippen LogP contribution is -2.52. The topological polar surface area (TPSA) is 108 Å². The van der Waals surface area contributed by atoms with Crippen molar-refractivity contribution in [1.82, 2.24) is 16.0 Å². The Kier molecular flexibility index (Phi) is 5.79. The maximum absolute atomic E-state index is 11.7. The maximum atomic E-state index is 11.7. The summed E-state index contributed by atoms with van der Waals surface area (Å²) in [7, 11) is 0. The largest absolute Gasteiger partial charge is 0.480 e. The first kappa shape index (κ1) is 16.3. The summed E-state index contributed by atoms with van der Waals surface area (Å²) in [6.07, 6.45) is 2.28. The molecule has 4 N–H and O–H groups in total. The van der Waals surface area contributed by atoms with Gasteiger partial charge in [-0.15, -0.1) is 0 Å². The number of urea groups is 1. The summed E-state index contributed by atoms with van der Waals surface area (Å²) in [4.78, 5) is 34.4. The van der Waals surface area contributed by atoms with Crippen LogP contribution in [0.2, 0.25) is 0 Å². The Bertz CT molecular complexity index is 380. The zero-order valence-electron chi connectivity index (χ0n) is 12.1. The van der Waals surface area contributed by atoms with E-state index in [1.807, 2.05) is 13.8 Å². The first-order chi connectivity index (χ1) is 9.29. The SMILES string of the molecule is CC(C)CC(NC(=O)NC(C)C(=O)NC1CC1)C(=O)O. The van der Waals surface area contributed by atoms with Gasteiger partial charge >= 0.3 is 12.0 Å². The molecule has 7 nitrogen and oxygen atoms in total. The van der Waals surface area contributed by atoms with Gasteiger partial charge in [-0.25, -0.2) is 9.59 Å². The molecule has 0 aliphatic heterocycles. The number of carbonyl (C=O) groups is 3. The van der Waals surface area contributed by atoms with Crippen molar-refractivity contribution >= 4 is 17.9 Å². The molecule has 0 aromatic heterocycles. The molecule has 0 aromatic carbocycles. The van der Waals surface area contributed by atoms with E-state index in [0.29, 0.717) is 6.42 Å². The molecule has 1 rings (SSSR count). The van der Waals surface area contributed by atoms with E-state index in [1.165, 1.54) is 0 Å². The molecule has 2 atom stereocenters. The second kappa shape index (κ2) is 7.12. The van der Waals surface area contributed by atoms with Crippen molar-refractivity contribution in [3.8, 4) is 0 Å². The Morgan fingerprint density at radius 3 is 2.20 bits per heavy atom. The molecule has 1 aliphatic carbocycles. The standard InChI is InChI=1S/C13H23N3O4/c1-7(2)6-10(12(18)19)16-13(20)14-8(3)11(17)15-9-4-5-9/h7-10H,4-6H2,1-3H3,(H,15,17)(H,18,19)(H2,14,16,20). The van der Waals surface area contributed by atoms with Crippen LogP contribution >= 0.6 is 0 Å². The van der Waals surface area contributed by atoms with Gasteiger partial charge < -0.3 is 21.1 Å². The van der Waals surface area contributed by atoms with E-state index in [4.69, 9.17) is 5.11 Å². The highest BCUT2D eigenvalue weighted by molar-refractivity contribution is 5.88. The molecular weight excluding hydrogens is 262 g/mol. The highest BCUT2D eigenvalue weighted by Gasteiger charge is 2.27. The summed E-state index contributed by atoms with van der Waals surface area (Å²) in [5.41, 5.74) is 0. The minimum atomic E-state index is -1.08. The second-order valence-electron chi connectivity index (χ2n) is 5.64. The van der Waals surface area contributed by atoms with Gasteiger partial charge in [0.2, 0.25) is 5.91 Å². The van der Waals surface area contributed by atoms with Crippen LogP contribution in [-0.2, 0) is 9.59 Å². The average molecular weight is 285 g/mol. The zero-order chi connectivity index (χ0) is 15.3. The molecule has 0 radical (unpaired) electrons. The van der Waals surface area contributed by atoms with Crippen LogP contribution in [0.25, 0.3) is 0 Å². The number of aliphatic carboxylic acids is 1. The van der Waals surface area contributed by atoms with Gasteiger partial charge in [0.1, 0.15) is 12.1 Å². The first-order valence-corrected chi connectivity index (χ1v) is 6.89. The van der Waals surface area contributed by atoms with Crippen molar-refractivity contribution in [1.29, 1.82) is 0 Å². The Morgan fingerprint density at radius 1 is 1.15 bits per heavy atom. The third kappa shape index (κ3) is 5.90. The van der Waals surface area contributed by atoms with E-state index in [0.717, 1.165) is 12.8 Å². The Labute approximate surface area is 118 Å². The van der Waals surface area contributed by atoms with E-state index in [-0.39, 0.29) is 17.9 Å². The van der Waals surface area contributed by atoms with Crippen LogP contribution in [0.15, 0.2) is 0 Å². The van der Waals surface area contributed by atoms with Gasteiger partial charge in [-0.05, 0) is 32.1 Å². The summed E-state index contributed by atoms with van der Waals surface area (Å²) in [5, 5.41) is 16.6. The van der Waals surface area contributed by atoms with Crippen molar-refractivity contribution in [3.05, 3.63) is 0 Å².